The van der Waals surface area contributed by atoms with Crippen LogP contribution in [0.3, 0.4) is 0 Å². The standard InChI is InChI=1S/C6H6ClNO3S.Na/c7-5-3-1-2-4-6(5)8-12(9,10)11;/h1-4,8H,(H,9,10,11);/q;+1/p-1. The zero-order valence-corrected chi connectivity index (χ0v) is 10.4. The van der Waals surface area contributed by atoms with E-state index in [1.807, 2.05) is 0 Å². The van der Waals surface area contributed by atoms with Crippen LogP contribution in [-0.2, 0) is 10.3 Å². The molecule has 0 heterocycles. The summed E-state index contributed by atoms with van der Waals surface area (Å²) in [6.45, 7) is 0. The number of nitrogens with one attached hydrogen (secondary N) is 1. The van der Waals surface area contributed by atoms with Crippen LogP contribution in [0.2, 0.25) is 5.02 Å². The van der Waals surface area contributed by atoms with Crippen molar-refractivity contribution in [1.82, 2.24) is 0 Å². The van der Waals surface area contributed by atoms with Gasteiger partial charge in [-0.25, -0.2) is 8.42 Å². The van der Waals surface area contributed by atoms with E-state index in [9.17, 15) is 13.0 Å². The number of rotatable bonds is 2. The molecule has 0 fully saturated rings. The third kappa shape index (κ3) is 4.85. The summed E-state index contributed by atoms with van der Waals surface area (Å²) in [7, 11) is -4.48. The number of hydrogen-bond acceptors (Lipinski definition) is 3. The van der Waals surface area contributed by atoms with Crippen LogP contribution in [0.1, 0.15) is 0 Å². The van der Waals surface area contributed by atoms with Crippen molar-refractivity contribution in [1.29, 1.82) is 0 Å². The molecule has 0 amide bonds. The Morgan fingerprint density at radius 3 is 2.31 bits per heavy atom. The number of halogens is 1. The zero-order valence-electron chi connectivity index (χ0n) is 6.82. The van der Waals surface area contributed by atoms with E-state index in [2.05, 4.69) is 0 Å². The van der Waals surface area contributed by atoms with Crippen LogP contribution in [-0.4, -0.2) is 13.0 Å². The molecule has 13 heavy (non-hydrogen) atoms. The Hall–Kier alpha value is 0.220. The largest absolute Gasteiger partial charge is 1.00 e. The van der Waals surface area contributed by atoms with Gasteiger partial charge in [0.15, 0.2) is 10.3 Å². The van der Waals surface area contributed by atoms with Gasteiger partial charge in [-0.3, -0.25) is 4.72 Å². The van der Waals surface area contributed by atoms with Gasteiger partial charge in [0, 0.05) is 0 Å². The minimum Gasteiger partial charge on any atom is -0.731 e. The molecule has 0 bridgehead atoms. The summed E-state index contributed by atoms with van der Waals surface area (Å²) >= 11 is 5.56. The van der Waals surface area contributed by atoms with Crippen LogP contribution in [0, 0.1) is 0 Å². The van der Waals surface area contributed by atoms with E-state index in [-0.39, 0.29) is 40.3 Å². The Bertz CT molecular complexity index is 381. The van der Waals surface area contributed by atoms with Gasteiger partial charge >= 0.3 is 29.6 Å². The Morgan fingerprint density at radius 1 is 1.31 bits per heavy atom. The van der Waals surface area contributed by atoms with E-state index in [0.717, 1.165) is 0 Å². The number of anilines is 1. The van der Waals surface area contributed by atoms with Gasteiger partial charge in [0.1, 0.15) is 0 Å². The van der Waals surface area contributed by atoms with Crippen LogP contribution < -0.4 is 34.3 Å². The monoisotopic (exact) mass is 229 g/mol. The predicted molar refractivity (Wildman–Crippen MR) is 44.8 cm³/mol. The molecule has 66 valence electrons. The molecule has 0 unspecified atom stereocenters. The van der Waals surface area contributed by atoms with Crippen molar-refractivity contribution in [3.63, 3.8) is 0 Å². The first-order valence-electron chi connectivity index (χ1n) is 2.97. The Labute approximate surface area is 103 Å². The van der Waals surface area contributed by atoms with Gasteiger partial charge in [0.05, 0.1) is 10.7 Å². The summed E-state index contributed by atoms with van der Waals surface area (Å²) in [4.78, 5) is 0. The molecule has 0 aromatic heterocycles. The van der Waals surface area contributed by atoms with Crippen molar-refractivity contribution in [3.05, 3.63) is 29.3 Å². The summed E-state index contributed by atoms with van der Waals surface area (Å²) in [5, 5.41) is 0.192. The molecule has 0 spiro atoms. The Balaban J connectivity index is 0.00000144. The van der Waals surface area contributed by atoms with Crippen molar-refractivity contribution < 1.29 is 42.5 Å². The number of para-hydroxylation sites is 1. The Morgan fingerprint density at radius 2 is 1.85 bits per heavy atom. The van der Waals surface area contributed by atoms with Gasteiger partial charge in [0.2, 0.25) is 0 Å². The number of benzene rings is 1. The molecule has 1 aromatic rings. The average molecular weight is 230 g/mol. The first-order valence-corrected chi connectivity index (χ1v) is 4.76. The maximum Gasteiger partial charge on any atom is 1.00 e. The minimum atomic E-state index is -4.48. The van der Waals surface area contributed by atoms with Crippen LogP contribution in [0.4, 0.5) is 5.69 Å². The van der Waals surface area contributed by atoms with Crippen molar-refractivity contribution in [2.45, 2.75) is 0 Å². The minimum absolute atomic E-state index is 0. The van der Waals surface area contributed by atoms with Crippen LogP contribution >= 0.6 is 11.6 Å². The van der Waals surface area contributed by atoms with E-state index in [0.29, 0.717) is 0 Å². The van der Waals surface area contributed by atoms with Gasteiger partial charge < -0.3 is 4.55 Å². The fourth-order valence-electron chi connectivity index (χ4n) is 0.679. The van der Waals surface area contributed by atoms with E-state index >= 15 is 0 Å². The van der Waals surface area contributed by atoms with Gasteiger partial charge in [-0.1, -0.05) is 23.7 Å². The zero-order chi connectivity index (χ0) is 9.19. The molecule has 7 heteroatoms. The summed E-state index contributed by atoms with van der Waals surface area (Å²) < 4.78 is 32.4. The molecule has 0 aliphatic carbocycles. The third-order valence-electron chi connectivity index (χ3n) is 1.11. The molecule has 1 aromatic carbocycles. The molecular formula is C6H5ClNNaO3S. The van der Waals surface area contributed by atoms with Crippen molar-refractivity contribution in [2.24, 2.45) is 0 Å². The predicted octanol–water partition coefficient (Wildman–Crippen LogP) is -1.78. The van der Waals surface area contributed by atoms with E-state index in [1.165, 1.54) is 12.1 Å². The molecule has 0 radical (unpaired) electrons. The molecular weight excluding hydrogens is 225 g/mol. The second-order valence-corrected chi connectivity index (χ2v) is 3.56. The van der Waals surface area contributed by atoms with E-state index in [1.54, 1.807) is 16.9 Å². The first-order chi connectivity index (χ1) is 5.49. The quantitative estimate of drug-likeness (QED) is 0.481. The van der Waals surface area contributed by atoms with E-state index < -0.39 is 10.3 Å². The fraction of sp³-hybridized carbons (Fsp3) is 0. The smallest absolute Gasteiger partial charge is 0.731 e. The fourth-order valence-corrected chi connectivity index (χ4v) is 1.36. The molecule has 0 saturated heterocycles. The summed E-state index contributed by atoms with van der Waals surface area (Å²) in [5.41, 5.74) is 0.0918. The first kappa shape index (κ1) is 13.2. The van der Waals surface area contributed by atoms with Crippen molar-refractivity contribution >= 4 is 27.6 Å². The summed E-state index contributed by atoms with van der Waals surface area (Å²) in [6, 6.07) is 6.08. The van der Waals surface area contributed by atoms with Gasteiger partial charge in [-0.15, -0.1) is 0 Å². The maximum atomic E-state index is 10.2. The molecule has 0 aliphatic rings. The second-order valence-electron chi connectivity index (χ2n) is 2.04. The normalized spacial score (nSPS) is 10.3. The molecule has 0 aliphatic heterocycles. The van der Waals surface area contributed by atoms with Crippen LogP contribution in [0.15, 0.2) is 24.3 Å². The maximum absolute atomic E-state index is 10.2. The topological polar surface area (TPSA) is 69.2 Å². The molecule has 0 saturated carbocycles. The molecule has 4 nitrogen and oxygen atoms in total. The molecule has 0 atom stereocenters. The summed E-state index contributed by atoms with van der Waals surface area (Å²) in [6.07, 6.45) is 0. The molecule has 1 N–H and O–H groups in total. The Kier molecular flexibility index (Phi) is 5.28. The van der Waals surface area contributed by atoms with Gasteiger partial charge in [-0.05, 0) is 12.1 Å². The number of hydrogen-bond donors (Lipinski definition) is 1. The van der Waals surface area contributed by atoms with Crippen LogP contribution in [0.25, 0.3) is 0 Å². The summed E-state index contributed by atoms with van der Waals surface area (Å²) in [5.74, 6) is 0. The average Bonchev–Trinajstić information content (AvgIpc) is 1.91. The van der Waals surface area contributed by atoms with Crippen LogP contribution in [0.5, 0.6) is 0 Å². The van der Waals surface area contributed by atoms with Crippen molar-refractivity contribution in [3.8, 4) is 0 Å². The van der Waals surface area contributed by atoms with E-state index in [4.69, 9.17) is 11.6 Å². The SMILES string of the molecule is O=S(=O)([O-])Nc1ccccc1Cl.[Na+]. The third-order valence-corrected chi connectivity index (χ3v) is 1.91. The molecule has 1 rings (SSSR count). The second kappa shape index (κ2) is 5.19. The van der Waals surface area contributed by atoms with Gasteiger partial charge in [-0.2, -0.15) is 0 Å². The van der Waals surface area contributed by atoms with Crippen molar-refractivity contribution in [2.75, 3.05) is 4.72 Å². The van der Waals surface area contributed by atoms with Gasteiger partial charge in [0.25, 0.3) is 0 Å².